The summed E-state index contributed by atoms with van der Waals surface area (Å²) in [5.74, 6) is 4.07. The van der Waals surface area contributed by atoms with Crippen LogP contribution in [0.2, 0.25) is 0 Å². The molecule has 0 N–H and O–H groups in total. The maximum absolute atomic E-state index is 11.5. The van der Waals surface area contributed by atoms with Crippen LogP contribution in [-0.2, 0) is 13.0 Å². The molecule has 2 aromatic heterocycles. The summed E-state index contributed by atoms with van der Waals surface area (Å²) >= 11 is 3.13. The Labute approximate surface area is 112 Å². The van der Waals surface area contributed by atoms with Crippen LogP contribution in [0.5, 0.6) is 0 Å². The Morgan fingerprint density at radius 1 is 1.56 bits per heavy atom. The average Bonchev–Trinajstić information content (AvgIpc) is 2.83. The minimum atomic E-state index is 0.0719. The molecular weight excluding hydrogens is 270 g/mol. The second-order valence-electron chi connectivity index (χ2n) is 4.33. The van der Waals surface area contributed by atoms with Crippen molar-refractivity contribution in [3.05, 3.63) is 32.5 Å². The van der Waals surface area contributed by atoms with E-state index in [1.807, 2.05) is 24.1 Å². The molecule has 0 amide bonds. The van der Waals surface area contributed by atoms with Crippen LogP contribution >= 0.6 is 23.1 Å². The van der Waals surface area contributed by atoms with E-state index in [9.17, 15) is 4.79 Å². The molecule has 3 heterocycles. The monoisotopic (exact) mass is 283 g/mol. The van der Waals surface area contributed by atoms with Crippen LogP contribution in [0.15, 0.2) is 14.7 Å². The van der Waals surface area contributed by atoms with Crippen LogP contribution in [0, 0.1) is 6.92 Å². The molecule has 2 aromatic rings. The Kier molecular flexibility index (Phi) is 3.25. The minimum absolute atomic E-state index is 0.0719. The third-order valence-corrected chi connectivity index (χ3v) is 5.17. The lowest BCUT2D eigenvalue weighted by Gasteiger charge is -2.20. The van der Waals surface area contributed by atoms with Gasteiger partial charge in [-0.1, -0.05) is 16.5 Å². The number of aromatic nitrogens is 3. The SMILES string of the molecule is Cc1csc(=O)n1CCc1nc(C2CSC2)no1. The van der Waals surface area contributed by atoms with Gasteiger partial charge >= 0.3 is 4.87 Å². The predicted molar refractivity (Wildman–Crippen MR) is 71.4 cm³/mol. The van der Waals surface area contributed by atoms with Gasteiger partial charge in [-0.05, 0) is 6.92 Å². The molecule has 0 bridgehead atoms. The summed E-state index contributed by atoms with van der Waals surface area (Å²) in [6.45, 7) is 2.54. The fourth-order valence-electron chi connectivity index (χ4n) is 1.80. The van der Waals surface area contributed by atoms with Gasteiger partial charge in [0.1, 0.15) is 0 Å². The second kappa shape index (κ2) is 4.89. The van der Waals surface area contributed by atoms with E-state index in [0.717, 1.165) is 23.0 Å². The summed E-state index contributed by atoms with van der Waals surface area (Å²) in [5.41, 5.74) is 0.986. The molecular formula is C11H13N3O2S2. The summed E-state index contributed by atoms with van der Waals surface area (Å²) < 4.78 is 6.96. The van der Waals surface area contributed by atoms with E-state index >= 15 is 0 Å². The van der Waals surface area contributed by atoms with Gasteiger partial charge in [-0.2, -0.15) is 16.7 Å². The van der Waals surface area contributed by atoms with Gasteiger partial charge < -0.3 is 9.09 Å². The standard InChI is InChI=1S/C11H13N3O2S2/c1-7-4-18-11(15)14(7)3-2-9-12-10(13-16-9)8-5-17-6-8/h4,8H,2-3,5-6H2,1H3. The van der Waals surface area contributed by atoms with Gasteiger partial charge in [-0.25, -0.2) is 0 Å². The van der Waals surface area contributed by atoms with Gasteiger partial charge in [-0.3, -0.25) is 4.79 Å². The normalized spacial score (nSPS) is 15.8. The number of nitrogens with zero attached hydrogens (tertiary/aromatic N) is 3. The van der Waals surface area contributed by atoms with Crippen molar-refractivity contribution in [2.75, 3.05) is 11.5 Å². The molecule has 0 saturated carbocycles. The Morgan fingerprint density at radius 3 is 3.00 bits per heavy atom. The van der Waals surface area contributed by atoms with Crippen molar-refractivity contribution in [3.8, 4) is 0 Å². The number of thiazole rings is 1. The first-order valence-corrected chi connectivity index (χ1v) is 7.82. The molecule has 5 nitrogen and oxygen atoms in total. The van der Waals surface area contributed by atoms with Crippen molar-refractivity contribution in [2.45, 2.75) is 25.8 Å². The molecule has 96 valence electrons. The van der Waals surface area contributed by atoms with Crippen LogP contribution in [0.3, 0.4) is 0 Å². The third-order valence-electron chi connectivity index (χ3n) is 3.01. The summed E-state index contributed by atoms with van der Waals surface area (Å²) in [7, 11) is 0. The van der Waals surface area contributed by atoms with Crippen molar-refractivity contribution < 1.29 is 4.52 Å². The van der Waals surface area contributed by atoms with Gasteiger partial charge in [0, 0.05) is 41.5 Å². The van der Waals surface area contributed by atoms with Crippen LogP contribution < -0.4 is 4.87 Å². The van der Waals surface area contributed by atoms with E-state index in [1.54, 1.807) is 4.57 Å². The fraction of sp³-hybridized carbons (Fsp3) is 0.545. The Hall–Kier alpha value is -1.08. The van der Waals surface area contributed by atoms with Gasteiger partial charge in [0.15, 0.2) is 5.82 Å². The van der Waals surface area contributed by atoms with E-state index in [0.29, 0.717) is 24.8 Å². The van der Waals surface area contributed by atoms with Gasteiger partial charge in [-0.15, -0.1) is 0 Å². The van der Waals surface area contributed by atoms with E-state index < -0.39 is 0 Å². The summed E-state index contributed by atoms with van der Waals surface area (Å²) in [5, 5.41) is 5.87. The molecule has 1 aliphatic rings. The molecule has 3 rings (SSSR count). The molecule has 18 heavy (non-hydrogen) atoms. The highest BCUT2D eigenvalue weighted by Crippen LogP contribution is 2.31. The van der Waals surface area contributed by atoms with Crippen LogP contribution in [0.4, 0.5) is 0 Å². The smallest absolute Gasteiger partial charge is 0.307 e. The summed E-state index contributed by atoms with van der Waals surface area (Å²) in [6.07, 6.45) is 0.615. The zero-order valence-electron chi connectivity index (χ0n) is 9.96. The van der Waals surface area contributed by atoms with Gasteiger partial charge in [0.05, 0.1) is 0 Å². The molecule has 0 aromatic carbocycles. The first-order valence-electron chi connectivity index (χ1n) is 5.79. The van der Waals surface area contributed by atoms with Crippen molar-refractivity contribution in [1.29, 1.82) is 0 Å². The lowest BCUT2D eigenvalue weighted by atomic mass is 10.2. The van der Waals surface area contributed by atoms with Crippen molar-refractivity contribution >= 4 is 23.1 Å². The quantitative estimate of drug-likeness (QED) is 0.854. The topological polar surface area (TPSA) is 60.9 Å². The average molecular weight is 283 g/mol. The Bertz CT molecular complexity index is 597. The number of aryl methyl sites for hydroxylation is 2. The zero-order chi connectivity index (χ0) is 12.5. The molecule has 7 heteroatoms. The molecule has 0 atom stereocenters. The van der Waals surface area contributed by atoms with E-state index in [4.69, 9.17) is 4.52 Å². The number of thioether (sulfide) groups is 1. The molecule has 0 radical (unpaired) electrons. The maximum atomic E-state index is 11.5. The van der Waals surface area contributed by atoms with E-state index in [-0.39, 0.29) is 4.87 Å². The third kappa shape index (κ3) is 2.24. The van der Waals surface area contributed by atoms with E-state index in [1.165, 1.54) is 11.3 Å². The summed E-state index contributed by atoms with van der Waals surface area (Å²) in [6, 6.07) is 0. The zero-order valence-corrected chi connectivity index (χ0v) is 11.6. The highest BCUT2D eigenvalue weighted by Gasteiger charge is 2.25. The van der Waals surface area contributed by atoms with Gasteiger partial charge in [0.2, 0.25) is 5.89 Å². The lowest BCUT2D eigenvalue weighted by molar-refractivity contribution is 0.364. The Balaban J connectivity index is 1.66. The number of hydrogen-bond acceptors (Lipinski definition) is 6. The first kappa shape index (κ1) is 12.0. The summed E-state index contributed by atoms with van der Waals surface area (Å²) in [4.78, 5) is 16.0. The van der Waals surface area contributed by atoms with E-state index in [2.05, 4.69) is 10.1 Å². The van der Waals surface area contributed by atoms with Gasteiger partial charge in [0.25, 0.3) is 0 Å². The fourth-order valence-corrected chi connectivity index (χ4v) is 3.33. The number of rotatable bonds is 4. The Morgan fingerprint density at radius 2 is 2.39 bits per heavy atom. The predicted octanol–water partition coefficient (Wildman–Crippen LogP) is 1.67. The second-order valence-corrected chi connectivity index (χ2v) is 6.22. The van der Waals surface area contributed by atoms with Crippen molar-refractivity contribution in [3.63, 3.8) is 0 Å². The molecule has 0 aliphatic carbocycles. The van der Waals surface area contributed by atoms with Crippen LogP contribution in [-0.4, -0.2) is 26.2 Å². The molecule has 1 saturated heterocycles. The lowest BCUT2D eigenvalue weighted by Crippen LogP contribution is -2.17. The minimum Gasteiger partial charge on any atom is -0.339 e. The molecule has 0 spiro atoms. The van der Waals surface area contributed by atoms with Crippen molar-refractivity contribution in [1.82, 2.24) is 14.7 Å². The first-order chi connectivity index (χ1) is 8.74. The molecule has 1 aliphatic heterocycles. The largest absolute Gasteiger partial charge is 0.339 e. The molecule has 1 fully saturated rings. The maximum Gasteiger partial charge on any atom is 0.307 e. The molecule has 0 unspecified atom stereocenters. The van der Waals surface area contributed by atoms with Crippen LogP contribution in [0.25, 0.3) is 0 Å². The van der Waals surface area contributed by atoms with Crippen LogP contribution in [0.1, 0.15) is 23.3 Å². The van der Waals surface area contributed by atoms with Crippen molar-refractivity contribution in [2.24, 2.45) is 0 Å². The highest BCUT2D eigenvalue weighted by molar-refractivity contribution is 8.00. The number of hydrogen-bond donors (Lipinski definition) is 0. The highest BCUT2D eigenvalue weighted by atomic mass is 32.2.